The average molecular weight is 243 g/mol. The van der Waals surface area contributed by atoms with Gasteiger partial charge in [0.15, 0.2) is 0 Å². The molecule has 0 bridgehead atoms. The molecule has 4 nitrogen and oxygen atoms in total. The number of carbonyl (C=O) groups is 1. The highest BCUT2D eigenvalue weighted by Crippen LogP contribution is 2.14. The third-order valence-corrected chi connectivity index (χ3v) is 3.01. The van der Waals surface area contributed by atoms with Gasteiger partial charge in [-0.05, 0) is 12.1 Å². The number of para-hydroxylation sites is 1. The first-order chi connectivity index (χ1) is 8.74. The Morgan fingerprint density at radius 1 is 1.33 bits per heavy atom. The highest BCUT2D eigenvalue weighted by atomic mass is 16.1. The van der Waals surface area contributed by atoms with Gasteiger partial charge in [0.1, 0.15) is 0 Å². The van der Waals surface area contributed by atoms with Gasteiger partial charge >= 0.3 is 0 Å². The lowest BCUT2D eigenvalue weighted by atomic mass is 10.0. The van der Waals surface area contributed by atoms with E-state index in [9.17, 15) is 4.79 Å². The Morgan fingerprint density at radius 2 is 2.11 bits per heavy atom. The summed E-state index contributed by atoms with van der Waals surface area (Å²) in [4.78, 5) is 16.1. The van der Waals surface area contributed by atoms with Crippen molar-refractivity contribution >= 4 is 16.8 Å². The van der Waals surface area contributed by atoms with Crippen LogP contribution in [0.25, 0.3) is 10.9 Å². The van der Waals surface area contributed by atoms with Crippen molar-refractivity contribution < 1.29 is 4.79 Å². The lowest BCUT2D eigenvalue weighted by Gasteiger charge is -2.12. The third kappa shape index (κ3) is 2.65. The van der Waals surface area contributed by atoms with Crippen molar-refractivity contribution in [3.05, 3.63) is 42.1 Å². The molecule has 94 valence electrons. The maximum absolute atomic E-state index is 11.6. The molecule has 0 aliphatic heterocycles. The molecule has 0 radical (unpaired) electrons. The van der Waals surface area contributed by atoms with Gasteiger partial charge in [0.05, 0.1) is 11.4 Å². The number of pyridine rings is 1. The number of hydrogen-bond donors (Lipinski definition) is 2. The van der Waals surface area contributed by atoms with Gasteiger partial charge in [0, 0.05) is 31.1 Å². The first kappa shape index (κ1) is 12.5. The molecule has 0 fully saturated rings. The maximum Gasteiger partial charge on any atom is 0.224 e. The first-order valence-corrected chi connectivity index (χ1v) is 6.01. The van der Waals surface area contributed by atoms with Crippen LogP contribution in [0.4, 0.5) is 0 Å². The number of aromatic nitrogens is 1. The Labute approximate surface area is 106 Å². The van der Waals surface area contributed by atoms with E-state index in [4.69, 9.17) is 5.73 Å². The fourth-order valence-electron chi connectivity index (χ4n) is 1.96. The van der Waals surface area contributed by atoms with E-state index in [1.165, 1.54) is 0 Å². The molecule has 1 aromatic carbocycles. The van der Waals surface area contributed by atoms with Crippen LogP contribution in [0.2, 0.25) is 0 Å². The summed E-state index contributed by atoms with van der Waals surface area (Å²) in [7, 11) is 1.62. The molecule has 18 heavy (non-hydrogen) atoms. The molecule has 0 aliphatic carbocycles. The monoisotopic (exact) mass is 243 g/mol. The number of hydrogen-bond acceptors (Lipinski definition) is 3. The summed E-state index contributed by atoms with van der Waals surface area (Å²) in [6.45, 7) is 0.328. The van der Waals surface area contributed by atoms with Gasteiger partial charge in [-0.1, -0.05) is 24.3 Å². The molecular formula is C14H17N3O. The lowest BCUT2D eigenvalue weighted by Crippen LogP contribution is -2.34. The largest absolute Gasteiger partial charge is 0.359 e. The van der Waals surface area contributed by atoms with Crippen molar-refractivity contribution in [3.8, 4) is 0 Å². The van der Waals surface area contributed by atoms with Crippen LogP contribution in [0, 0.1) is 5.92 Å². The number of nitrogens with zero attached hydrogens (tertiary/aromatic N) is 1. The molecule has 0 aliphatic rings. The van der Waals surface area contributed by atoms with E-state index in [0.717, 1.165) is 16.6 Å². The molecule has 2 aromatic rings. The Hall–Kier alpha value is -1.94. The number of rotatable bonds is 4. The van der Waals surface area contributed by atoms with Gasteiger partial charge in [-0.3, -0.25) is 9.78 Å². The Bertz CT molecular complexity index is 553. The zero-order valence-corrected chi connectivity index (χ0v) is 10.4. The summed E-state index contributed by atoms with van der Waals surface area (Å²) in [6, 6.07) is 11.9. The topological polar surface area (TPSA) is 68.0 Å². The highest BCUT2D eigenvalue weighted by Gasteiger charge is 2.16. The van der Waals surface area contributed by atoms with Crippen LogP contribution in [0.1, 0.15) is 5.69 Å². The standard InChI is InChI=1S/C14H17N3O/c1-16-14(18)11(9-15)8-12-7-6-10-4-2-3-5-13(10)17-12/h2-7,11H,8-9,15H2,1H3,(H,16,18). The lowest BCUT2D eigenvalue weighted by molar-refractivity contribution is -0.124. The molecule has 1 aromatic heterocycles. The number of nitrogens with one attached hydrogen (secondary N) is 1. The average Bonchev–Trinajstić information content (AvgIpc) is 2.43. The minimum absolute atomic E-state index is 0.0348. The molecular weight excluding hydrogens is 226 g/mol. The molecule has 2 rings (SSSR count). The van der Waals surface area contributed by atoms with Crippen LogP contribution in [0.5, 0.6) is 0 Å². The van der Waals surface area contributed by atoms with Gasteiger partial charge < -0.3 is 11.1 Å². The number of carbonyl (C=O) groups excluding carboxylic acids is 1. The zero-order chi connectivity index (χ0) is 13.0. The molecule has 3 N–H and O–H groups in total. The Balaban J connectivity index is 2.23. The SMILES string of the molecule is CNC(=O)C(CN)Cc1ccc2ccccc2n1. The Kier molecular flexibility index (Phi) is 3.89. The second-order valence-electron chi connectivity index (χ2n) is 4.25. The van der Waals surface area contributed by atoms with Crippen LogP contribution in [0.3, 0.4) is 0 Å². The normalized spacial score (nSPS) is 12.3. The van der Waals surface area contributed by atoms with E-state index in [1.54, 1.807) is 7.05 Å². The van der Waals surface area contributed by atoms with Crippen molar-refractivity contribution in [2.24, 2.45) is 11.7 Å². The molecule has 1 heterocycles. The van der Waals surface area contributed by atoms with Crippen LogP contribution in [-0.2, 0) is 11.2 Å². The zero-order valence-electron chi connectivity index (χ0n) is 10.4. The third-order valence-electron chi connectivity index (χ3n) is 3.01. The minimum Gasteiger partial charge on any atom is -0.359 e. The van der Waals surface area contributed by atoms with E-state index in [-0.39, 0.29) is 11.8 Å². The molecule has 0 saturated carbocycles. The number of nitrogens with two attached hydrogens (primary N) is 1. The van der Waals surface area contributed by atoms with Gasteiger partial charge in [0.25, 0.3) is 0 Å². The summed E-state index contributed by atoms with van der Waals surface area (Å²) in [5, 5.41) is 3.73. The van der Waals surface area contributed by atoms with Crippen LogP contribution >= 0.6 is 0 Å². The molecule has 0 saturated heterocycles. The first-order valence-electron chi connectivity index (χ1n) is 6.01. The van der Waals surface area contributed by atoms with Crippen LogP contribution in [0.15, 0.2) is 36.4 Å². The fraction of sp³-hybridized carbons (Fsp3) is 0.286. The predicted molar refractivity (Wildman–Crippen MR) is 72.1 cm³/mol. The second kappa shape index (κ2) is 5.60. The molecule has 4 heteroatoms. The van der Waals surface area contributed by atoms with E-state index < -0.39 is 0 Å². The smallest absolute Gasteiger partial charge is 0.224 e. The fourth-order valence-corrected chi connectivity index (χ4v) is 1.96. The van der Waals surface area contributed by atoms with Crippen LogP contribution in [-0.4, -0.2) is 24.5 Å². The summed E-state index contributed by atoms with van der Waals surface area (Å²) in [5.74, 6) is -0.254. The Morgan fingerprint density at radius 3 is 2.83 bits per heavy atom. The highest BCUT2D eigenvalue weighted by molar-refractivity contribution is 5.80. The van der Waals surface area contributed by atoms with Gasteiger partial charge in [-0.15, -0.1) is 0 Å². The maximum atomic E-state index is 11.6. The summed E-state index contributed by atoms with van der Waals surface area (Å²) in [5.41, 5.74) is 7.46. The summed E-state index contributed by atoms with van der Waals surface area (Å²) < 4.78 is 0. The number of fused-ring (bicyclic) bond motifs is 1. The van der Waals surface area contributed by atoms with Gasteiger partial charge in [0.2, 0.25) is 5.91 Å². The number of benzene rings is 1. The quantitative estimate of drug-likeness (QED) is 0.845. The molecule has 0 spiro atoms. The molecule has 1 unspecified atom stereocenters. The van der Waals surface area contributed by atoms with Gasteiger partial charge in [-0.25, -0.2) is 0 Å². The van der Waals surface area contributed by atoms with Crippen molar-refractivity contribution in [1.82, 2.24) is 10.3 Å². The predicted octanol–water partition coefficient (Wildman–Crippen LogP) is 1.10. The van der Waals surface area contributed by atoms with E-state index in [0.29, 0.717) is 13.0 Å². The second-order valence-corrected chi connectivity index (χ2v) is 4.25. The summed E-state index contributed by atoms with van der Waals surface area (Å²) >= 11 is 0. The van der Waals surface area contributed by atoms with Crippen molar-refractivity contribution in [1.29, 1.82) is 0 Å². The van der Waals surface area contributed by atoms with Gasteiger partial charge in [-0.2, -0.15) is 0 Å². The van der Waals surface area contributed by atoms with E-state index in [2.05, 4.69) is 10.3 Å². The van der Waals surface area contributed by atoms with E-state index in [1.807, 2.05) is 36.4 Å². The summed E-state index contributed by atoms with van der Waals surface area (Å²) in [6.07, 6.45) is 0.570. The minimum atomic E-state index is -0.219. The van der Waals surface area contributed by atoms with Crippen molar-refractivity contribution in [2.75, 3.05) is 13.6 Å². The molecule has 1 amide bonds. The van der Waals surface area contributed by atoms with E-state index >= 15 is 0 Å². The molecule has 1 atom stereocenters. The number of amides is 1. The van der Waals surface area contributed by atoms with Crippen LogP contribution < -0.4 is 11.1 Å². The van der Waals surface area contributed by atoms with Crippen molar-refractivity contribution in [2.45, 2.75) is 6.42 Å². The van der Waals surface area contributed by atoms with Crippen molar-refractivity contribution in [3.63, 3.8) is 0 Å².